The summed E-state index contributed by atoms with van der Waals surface area (Å²) < 4.78 is 9.80. The summed E-state index contributed by atoms with van der Waals surface area (Å²) in [6.45, 7) is 1.53. The fourth-order valence-corrected chi connectivity index (χ4v) is 1.67. The van der Waals surface area contributed by atoms with Crippen LogP contribution in [0.5, 0.6) is 17.2 Å². The van der Waals surface area contributed by atoms with E-state index >= 15 is 0 Å². The van der Waals surface area contributed by atoms with Gasteiger partial charge in [0.25, 0.3) is 0 Å². The molecule has 0 bridgehead atoms. The fraction of sp³-hybridized carbons (Fsp3) is 0.333. The summed E-state index contributed by atoms with van der Waals surface area (Å²) in [5, 5.41) is 20.0. The predicted octanol–water partition coefficient (Wildman–Crippen LogP) is 2.28. The average molecular weight is 248 g/mol. The quantitative estimate of drug-likeness (QED) is 0.654. The maximum absolute atomic E-state index is 10.8. The molecule has 88 valence electrons. The van der Waals surface area contributed by atoms with Crippen molar-refractivity contribution in [3.63, 3.8) is 0 Å². The Hall–Kier alpha value is -1.69. The molecule has 0 unspecified atom stereocenters. The minimum Gasteiger partial charge on any atom is -0.503 e. The van der Waals surface area contributed by atoms with Crippen molar-refractivity contribution in [2.24, 2.45) is 0 Å². The van der Waals surface area contributed by atoms with Crippen LogP contribution in [0.4, 0.5) is 5.69 Å². The second-order valence-corrected chi connectivity index (χ2v) is 3.34. The molecule has 0 atom stereocenters. The third-order valence-corrected chi connectivity index (χ3v) is 2.48. The zero-order valence-electron chi connectivity index (χ0n) is 8.91. The molecule has 0 saturated heterocycles. The molecule has 7 heteroatoms. The first-order chi connectivity index (χ1) is 7.45. The van der Waals surface area contributed by atoms with Crippen LogP contribution in [0.15, 0.2) is 0 Å². The lowest BCUT2D eigenvalue weighted by molar-refractivity contribution is -0.385. The van der Waals surface area contributed by atoms with E-state index in [2.05, 4.69) is 0 Å². The van der Waals surface area contributed by atoms with E-state index < -0.39 is 21.4 Å². The van der Waals surface area contributed by atoms with Crippen LogP contribution in [0.25, 0.3) is 0 Å². The predicted molar refractivity (Wildman–Crippen MR) is 57.6 cm³/mol. The van der Waals surface area contributed by atoms with Crippen LogP contribution in [0.2, 0.25) is 5.02 Å². The number of nitro benzene ring substituents is 1. The minimum atomic E-state index is -0.715. The van der Waals surface area contributed by atoms with E-state index in [9.17, 15) is 15.2 Å². The van der Waals surface area contributed by atoms with Crippen LogP contribution in [0.3, 0.4) is 0 Å². The van der Waals surface area contributed by atoms with Crippen molar-refractivity contribution < 1.29 is 19.5 Å². The van der Waals surface area contributed by atoms with E-state index in [0.717, 1.165) is 0 Å². The van der Waals surface area contributed by atoms with E-state index in [1.807, 2.05) is 0 Å². The molecule has 6 nitrogen and oxygen atoms in total. The topological polar surface area (TPSA) is 81.8 Å². The van der Waals surface area contributed by atoms with Crippen molar-refractivity contribution in [1.82, 2.24) is 0 Å². The molecule has 16 heavy (non-hydrogen) atoms. The number of nitrogens with zero attached hydrogens (tertiary/aromatic N) is 1. The first-order valence-corrected chi connectivity index (χ1v) is 4.60. The molecule has 0 saturated carbocycles. The highest BCUT2D eigenvalue weighted by atomic mass is 35.5. The van der Waals surface area contributed by atoms with Crippen molar-refractivity contribution in [3.05, 3.63) is 20.7 Å². The number of nitro groups is 1. The van der Waals surface area contributed by atoms with E-state index in [-0.39, 0.29) is 11.5 Å². The number of rotatable bonds is 3. The lowest BCUT2D eigenvalue weighted by Gasteiger charge is -2.13. The van der Waals surface area contributed by atoms with Crippen LogP contribution in [-0.4, -0.2) is 24.2 Å². The summed E-state index contributed by atoms with van der Waals surface area (Å²) in [6.07, 6.45) is 0. The van der Waals surface area contributed by atoms with Gasteiger partial charge in [-0.25, -0.2) is 0 Å². The third kappa shape index (κ3) is 1.71. The Morgan fingerprint density at radius 2 is 1.81 bits per heavy atom. The molecule has 0 aliphatic carbocycles. The standard InChI is InChI=1S/C9H10ClNO5/c1-4-8(15-2)6(11(13)14)5(10)7(12)9(4)16-3/h12H,1-3H3. The van der Waals surface area contributed by atoms with Crippen LogP contribution in [0.1, 0.15) is 5.56 Å². The highest BCUT2D eigenvalue weighted by molar-refractivity contribution is 6.34. The highest BCUT2D eigenvalue weighted by Gasteiger charge is 2.29. The molecule has 0 fully saturated rings. The first-order valence-electron chi connectivity index (χ1n) is 4.23. The summed E-state index contributed by atoms with van der Waals surface area (Å²) in [7, 11) is 2.60. The second kappa shape index (κ2) is 4.44. The number of hydrogen-bond donors (Lipinski definition) is 1. The largest absolute Gasteiger partial charge is 0.503 e. The van der Waals surface area contributed by atoms with Crippen molar-refractivity contribution in [1.29, 1.82) is 0 Å². The molecule has 0 heterocycles. The summed E-state index contributed by atoms with van der Waals surface area (Å²) in [4.78, 5) is 10.1. The third-order valence-electron chi connectivity index (χ3n) is 2.12. The van der Waals surface area contributed by atoms with Crippen LogP contribution in [0, 0.1) is 17.0 Å². The molecular formula is C9H10ClNO5. The number of phenolic OH excluding ortho intramolecular Hbond substituents is 1. The molecule has 1 aromatic carbocycles. The van der Waals surface area contributed by atoms with Gasteiger partial charge in [-0.1, -0.05) is 11.6 Å². The van der Waals surface area contributed by atoms with Crippen LogP contribution < -0.4 is 9.47 Å². The summed E-state index contributed by atoms with van der Waals surface area (Å²) in [5.74, 6) is -0.425. The zero-order chi connectivity index (χ0) is 12.5. The Morgan fingerprint density at radius 1 is 1.31 bits per heavy atom. The number of halogens is 1. The Kier molecular flexibility index (Phi) is 3.44. The number of methoxy groups -OCH3 is 2. The molecule has 0 radical (unpaired) electrons. The van der Waals surface area contributed by atoms with Gasteiger partial charge in [-0.3, -0.25) is 10.1 Å². The van der Waals surface area contributed by atoms with E-state index in [1.165, 1.54) is 21.1 Å². The molecule has 0 aliphatic rings. The molecule has 0 aromatic heterocycles. The number of aromatic hydroxyl groups is 1. The Balaban J connectivity index is 3.70. The number of ether oxygens (including phenoxy) is 2. The normalized spacial score (nSPS) is 10.0. The molecule has 1 rings (SSSR count). The molecule has 1 N–H and O–H groups in total. The van der Waals surface area contributed by atoms with Crippen molar-refractivity contribution in [2.45, 2.75) is 6.92 Å². The summed E-state index contributed by atoms with van der Waals surface area (Å²) in [6, 6.07) is 0. The van der Waals surface area contributed by atoms with E-state index in [4.69, 9.17) is 21.1 Å². The van der Waals surface area contributed by atoms with Gasteiger partial charge in [0.15, 0.2) is 16.5 Å². The first kappa shape index (κ1) is 12.4. The van der Waals surface area contributed by atoms with Gasteiger partial charge in [-0.2, -0.15) is 0 Å². The maximum Gasteiger partial charge on any atom is 0.333 e. The van der Waals surface area contributed by atoms with Crippen molar-refractivity contribution >= 4 is 17.3 Å². The molecular weight excluding hydrogens is 238 g/mol. The van der Waals surface area contributed by atoms with Crippen LogP contribution in [-0.2, 0) is 0 Å². The summed E-state index contributed by atoms with van der Waals surface area (Å²) >= 11 is 5.68. The molecule has 1 aromatic rings. The zero-order valence-corrected chi connectivity index (χ0v) is 9.66. The number of hydrogen-bond acceptors (Lipinski definition) is 5. The van der Waals surface area contributed by atoms with Gasteiger partial charge in [0.05, 0.1) is 19.1 Å². The number of benzene rings is 1. The Morgan fingerprint density at radius 3 is 2.19 bits per heavy atom. The molecule has 0 aliphatic heterocycles. The average Bonchev–Trinajstić information content (AvgIpc) is 2.23. The van der Waals surface area contributed by atoms with Gasteiger partial charge in [-0.15, -0.1) is 0 Å². The summed E-state index contributed by atoms with van der Waals surface area (Å²) in [5.41, 5.74) is -0.154. The second-order valence-electron chi connectivity index (χ2n) is 2.96. The van der Waals surface area contributed by atoms with Gasteiger partial charge in [0, 0.05) is 5.56 Å². The lowest BCUT2D eigenvalue weighted by atomic mass is 10.1. The maximum atomic E-state index is 10.8. The fourth-order valence-electron chi connectivity index (χ4n) is 1.43. The van der Waals surface area contributed by atoms with Crippen molar-refractivity contribution in [2.75, 3.05) is 14.2 Å². The lowest BCUT2D eigenvalue weighted by Crippen LogP contribution is -2.00. The molecule has 0 spiro atoms. The highest BCUT2D eigenvalue weighted by Crippen LogP contribution is 2.49. The SMILES string of the molecule is COc1c(C)c(OC)c([N+](=O)[O-])c(Cl)c1O. The Labute approximate surface area is 96.5 Å². The molecule has 0 amide bonds. The van der Waals surface area contributed by atoms with Gasteiger partial charge in [-0.05, 0) is 6.92 Å². The van der Waals surface area contributed by atoms with Gasteiger partial charge < -0.3 is 14.6 Å². The monoisotopic (exact) mass is 247 g/mol. The Bertz CT molecular complexity index is 446. The number of phenols is 1. The smallest absolute Gasteiger partial charge is 0.333 e. The minimum absolute atomic E-state index is 0.0235. The van der Waals surface area contributed by atoms with Gasteiger partial charge in [0.2, 0.25) is 5.75 Å². The van der Waals surface area contributed by atoms with Gasteiger partial charge >= 0.3 is 5.69 Å². The van der Waals surface area contributed by atoms with E-state index in [0.29, 0.717) is 5.56 Å². The van der Waals surface area contributed by atoms with Crippen molar-refractivity contribution in [3.8, 4) is 17.2 Å². The van der Waals surface area contributed by atoms with Crippen LogP contribution >= 0.6 is 11.6 Å². The van der Waals surface area contributed by atoms with Gasteiger partial charge in [0.1, 0.15) is 0 Å². The van der Waals surface area contributed by atoms with E-state index in [1.54, 1.807) is 0 Å².